The summed E-state index contributed by atoms with van der Waals surface area (Å²) < 4.78 is 80.3. The molecule has 0 bridgehead atoms. The molecule has 1 aromatic heterocycles. The molecule has 0 spiro atoms. The van der Waals surface area contributed by atoms with Crippen molar-refractivity contribution in [2.75, 3.05) is 39.8 Å². The predicted molar refractivity (Wildman–Crippen MR) is 111 cm³/mol. The van der Waals surface area contributed by atoms with Crippen LogP contribution < -0.4 is 15.4 Å². The molecule has 6 nitrogen and oxygen atoms in total. The highest BCUT2D eigenvalue weighted by Gasteiger charge is 2.34. The Morgan fingerprint density at radius 1 is 1.33 bits per heavy atom. The molecule has 2 N–H and O–H groups in total. The minimum Gasteiger partial charge on any atom is -0.475 e. The van der Waals surface area contributed by atoms with E-state index >= 15 is 0 Å². The van der Waals surface area contributed by atoms with Gasteiger partial charge in [0.05, 0.1) is 18.7 Å². The number of halogens is 8. The summed E-state index contributed by atoms with van der Waals surface area (Å²) in [5, 5.41) is 5.66. The second-order valence-corrected chi connectivity index (χ2v) is 6.74. The van der Waals surface area contributed by atoms with Crippen molar-refractivity contribution in [2.45, 2.75) is 24.8 Å². The number of hydrogen-bond donors (Lipinski definition) is 2. The maximum absolute atomic E-state index is 12.6. The Morgan fingerprint density at radius 3 is 2.60 bits per heavy atom. The molecule has 0 radical (unpaired) electrons. The third-order valence-corrected chi connectivity index (χ3v) is 4.28. The molecule has 1 aliphatic heterocycles. The number of nitrogens with one attached hydrogen (secondary N) is 2. The molecule has 1 fully saturated rings. The molecule has 1 saturated heterocycles. The Bertz CT molecular complexity index is 718. The number of likely N-dealkylation sites (tertiary alicyclic amines) is 1. The minimum absolute atomic E-state index is 0. The van der Waals surface area contributed by atoms with E-state index < -0.39 is 24.5 Å². The minimum atomic E-state index is -4.55. The zero-order chi connectivity index (χ0) is 21.7. The van der Waals surface area contributed by atoms with E-state index in [1.807, 2.05) is 0 Å². The molecule has 2 heterocycles. The second kappa shape index (κ2) is 11.4. The van der Waals surface area contributed by atoms with Gasteiger partial charge < -0.3 is 15.4 Å². The quantitative estimate of drug-likeness (QED) is 0.179. The van der Waals surface area contributed by atoms with E-state index in [4.69, 9.17) is 16.3 Å². The molecule has 1 unspecified atom stereocenters. The van der Waals surface area contributed by atoms with Gasteiger partial charge in [-0.2, -0.15) is 26.3 Å². The Hall–Kier alpha value is -1.22. The lowest BCUT2D eigenvalue weighted by molar-refractivity contribution is -0.143. The van der Waals surface area contributed by atoms with Crippen molar-refractivity contribution in [2.24, 2.45) is 4.99 Å². The normalized spacial score (nSPS) is 18.1. The van der Waals surface area contributed by atoms with E-state index in [1.54, 1.807) is 0 Å². The second-order valence-electron chi connectivity index (χ2n) is 6.34. The van der Waals surface area contributed by atoms with E-state index in [-0.39, 0.29) is 60.6 Å². The van der Waals surface area contributed by atoms with E-state index in [2.05, 4.69) is 20.6 Å². The highest BCUT2D eigenvalue weighted by molar-refractivity contribution is 14.0. The van der Waals surface area contributed by atoms with Crippen LogP contribution in [0.25, 0.3) is 0 Å². The summed E-state index contributed by atoms with van der Waals surface area (Å²) in [5.74, 6) is 0.238. The largest absolute Gasteiger partial charge is 0.475 e. The van der Waals surface area contributed by atoms with Crippen molar-refractivity contribution in [3.63, 3.8) is 0 Å². The first-order valence-electron chi connectivity index (χ1n) is 8.60. The number of aliphatic imine (C=N–C) groups is 1. The SMILES string of the molecule is CN=C(NCCOc1ncc(C(F)(F)F)cc1Cl)NC1CCN(CC(F)(F)F)C1.I. The first kappa shape index (κ1) is 26.8. The molecule has 1 atom stereocenters. The first-order chi connectivity index (χ1) is 13.5. The molecule has 1 aromatic rings. The lowest BCUT2D eigenvalue weighted by atomic mass is 10.3. The van der Waals surface area contributed by atoms with Gasteiger partial charge in [0.25, 0.3) is 0 Å². The molecule has 30 heavy (non-hydrogen) atoms. The number of aromatic nitrogens is 1. The van der Waals surface area contributed by atoms with Crippen molar-refractivity contribution in [3.8, 4) is 5.88 Å². The number of pyridine rings is 1. The molecule has 0 amide bonds. The van der Waals surface area contributed by atoms with Crippen LogP contribution in [0.5, 0.6) is 5.88 Å². The average Bonchev–Trinajstić information content (AvgIpc) is 3.02. The Morgan fingerprint density at radius 2 is 2.03 bits per heavy atom. The van der Waals surface area contributed by atoms with E-state index in [0.29, 0.717) is 25.1 Å². The van der Waals surface area contributed by atoms with Crippen molar-refractivity contribution in [3.05, 3.63) is 22.8 Å². The van der Waals surface area contributed by atoms with Crippen molar-refractivity contribution in [1.82, 2.24) is 20.5 Å². The van der Waals surface area contributed by atoms with Crippen LogP contribution in [-0.2, 0) is 6.18 Å². The number of ether oxygens (including phenoxy) is 1. The third-order valence-electron chi connectivity index (χ3n) is 4.01. The van der Waals surface area contributed by atoms with E-state index in [0.717, 1.165) is 6.07 Å². The van der Waals surface area contributed by atoms with Crippen LogP contribution in [0.3, 0.4) is 0 Å². The summed E-state index contributed by atoms with van der Waals surface area (Å²) in [6.07, 6.45) is -7.62. The summed E-state index contributed by atoms with van der Waals surface area (Å²) in [7, 11) is 1.51. The van der Waals surface area contributed by atoms with Gasteiger partial charge in [0.2, 0.25) is 5.88 Å². The Balaban J connectivity index is 0.00000450. The predicted octanol–water partition coefficient (Wildman–Crippen LogP) is 3.55. The monoisotopic (exact) mass is 575 g/mol. The smallest absolute Gasteiger partial charge is 0.417 e. The zero-order valence-electron chi connectivity index (χ0n) is 15.8. The number of rotatable bonds is 6. The van der Waals surface area contributed by atoms with Crippen LogP contribution in [0.2, 0.25) is 5.02 Å². The third kappa shape index (κ3) is 8.88. The first-order valence-corrected chi connectivity index (χ1v) is 8.97. The summed E-state index contributed by atoms with van der Waals surface area (Å²) >= 11 is 5.75. The number of nitrogens with zero attached hydrogens (tertiary/aromatic N) is 3. The van der Waals surface area contributed by atoms with Gasteiger partial charge in [0.15, 0.2) is 5.96 Å². The van der Waals surface area contributed by atoms with Gasteiger partial charge in [-0.3, -0.25) is 9.89 Å². The molecular weight excluding hydrogens is 555 g/mol. The standard InChI is InChI=1S/C16H20ClF6N5O.HI/c1-24-14(27-11-2-4-28(8-11)9-15(18,19)20)25-3-5-29-13-12(17)6-10(7-26-13)16(21,22)23;/h6-7,11H,2-5,8-9H2,1H3,(H2,24,25,27);1H. The summed E-state index contributed by atoms with van der Waals surface area (Å²) in [5.41, 5.74) is -0.978. The molecule has 2 rings (SSSR count). The summed E-state index contributed by atoms with van der Waals surface area (Å²) in [6, 6.07) is 0.542. The van der Waals surface area contributed by atoms with Crippen LogP contribution in [-0.4, -0.2) is 67.9 Å². The van der Waals surface area contributed by atoms with Gasteiger partial charge in [-0.25, -0.2) is 4.98 Å². The number of alkyl halides is 6. The maximum Gasteiger partial charge on any atom is 0.417 e. The van der Waals surface area contributed by atoms with Gasteiger partial charge in [-0.1, -0.05) is 11.6 Å². The fourth-order valence-electron chi connectivity index (χ4n) is 2.74. The number of hydrogen-bond acceptors (Lipinski definition) is 4. The summed E-state index contributed by atoms with van der Waals surface area (Å²) in [6.45, 7) is -0.134. The van der Waals surface area contributed by atoms with Crippen molar-refractivity contribution in [1.29, 1.82) is 0 Å². The highest BCUT2D eigenvalue weighted by Crippen LogP contribution is 2.33. The van der Waals surface area contributed by atoms with Gasteiger partial charge in [0, 0.05) is 32.4 Å². The van der Waals surface area contributed by atoms with Crippen molar-refractivity contribution >= 4 is 41.5 Å². The average molecular weight is 576 g/mol. The Kier molecular flexibility index (Phi) is 10.2. The number of guanidine groups is 1. The molecule has 14 heteroatoms. The highest BCUT2D eigenvalue weighted by atomic mass is 127. The Labute approximate surface area is 191 Å². The van der Waals surface area contributed by atoms with Gasteiger partial charge in [-0.15, -0.1) is 24.0 Å². The van der Waals surface area contributed by atoms with Gasteiger partial charge in [0.1, 0.15) is 11.6 Å². The van der Waals surface area contributed by atoms with Gasteiger partial charge >= 0.3 is 12.4 Å². The molecule has 0 aliphatic carbocycles. The van der Waals surface area contributed by atoms with E-state index in [1.165, 1.54) is 11.9 Å². The summed E-state index contributed by atoms with van der Waals surface area (Å²) in [4.78, 5) is 8.85. The molecule has 172 valence electrons. The zero-order valence-corrected chi connectivity index (χ0v) is 18.9. The van der Waals surface area contributed by atoms with Crippen LogP contribution in [0.1, 0.15) is 12.0 Å². The van der Waals surface area contributed by atoms with Crippen LogP contribution in [0.4, 0.5) is 26.3 Å². The molecule has 1 aliphatic rings. The molecule has 0 saturated carbocycles. The van der Waals surface area contributed by atoms with Crippen LogP contribution in [0.15, 0.2) is 17.3 Å². The topological polar surface area (TPSA) is 61.8 Å². The van der Waals surface area contributed by atoms with Crippen LogP contribution in [0, 0.1) is 0 Å². The lowest BCUT2D eigenvalue weighted by Gasteiger charge is -2.19. The lowest BCUT2D eigenvalue weighted by Crippen LogP contribution is -2.46. The fraction of sp³-hybridized carbons (Fsp3) is 0.625. The fourth-order valence-corrected chi connectivity index (χ4v) is 2.96. The molecule has 0 aromatic carbocycles. The molecular formula is C16H21ClF6IN5O. The van der Waals surface area contributed by atoms with Gasteiger partial charge in [-0.05, 0) is 12.5 Å². The van der Waals surface area contributed by atoms with E-state index in [9.17, 15) is 26.3 Å². The van der Waals surface area contributed by atoms with Crippen molar-refractivity contribution < 1.29 is 31.1 Å². The maximum atomic E-state index is 12.6. The van der Waals surface area contributed by atoms with Crippen LogP contribution >= 0.6 is 35.6 Å².